The number of fused-ring (bicyclic) bond motifs is 3. The van der Waals surface area contributed by atoms with Crippen LogP contribution in [0.5, 0.6) is 5.88 Å². The van der Waals surface area contributed by atoms with E-state index < -0.39 is 0 Å². The van der Waals surface area contributed by atoms with Gasteiger partial charge in [0, 0.05) is 18.1 Å². The second-order valence-electron chi connectivity index (χ2n) is 5.42. The van der Waals surface area contributed by atoms with Gasteiger partial charge in [-0.3, -0.25) is 0 Å². The largest absolute Gasteiger partial charge is 0.493 e. The molecule has 0 radical (unpaired) electrons. The third-order valence-electron chi connectivity index (χ3n) is 4.48. The number of aromatic hydroxyl groups is 1. The highest BCUT2D eigenvalue weighted by atomic mass is 16.3. The highest BCUT2D eigenvalue weighted by Crippen LogP contribution is 2.52. The Morgan fingerprint density at radius 1 is 1.29 bits per heavy atom. The molecule has 3 unspecified atom stereocenters. The summed E-state index contributed by atoms with van der Waals surface area (Å²) in [4.78, 5) is 4.64. The van der Waals surface area contributed by atoms with E-state index in [1.54, 1.807) is 12.3 Å². The van der Waals surface area contributed by atoms with Crippen molar-refractivity contribution >= 4 is 5.65 Å². The molecule has 0 aliphatic heterocycles. The highest BCUT2D eigenvalue weighted by molar-refractivity contribution is 5.41. The van der Waals surface area contributed by atoms with Crippen molar-refractivity contribution in [1.82, 2.24) is 14.6 Å². The van der Waals surface area contributed by atoms with Gasteiger partial charge in [0.05, 0.1) is 11.9 Å². The van der Waals surface area contributed by atoms with Crippen molar-refractivity contribution in [3.8, 4) is 5.88 Å². The summed E-state index contributed by atoms with van der Waals surface area (Å²) < 4.78 is 1.48. The summed E-state index contributed by atoms with van der Waals surface area (Å²) in [5, 5.41) is 14.0. The second kappa shape index (κ2) is 3.22. The van der Waals surface area contributed by atoms with E-state index in [2.05, 4.69) is 10.1 Å². The Morgan fingerprint density at radius 2 is 2.24 bits per heavy atom. The third kappa shape index (κ3) is 1.30. The first-order valence-corrected chi connectivity index (χ1v) is 6.35. The number of hydrogen-bond acceptors (Lipinski definition) is 3. The summed E-state index contributed by atoms with van der Waals surface area (Å²) in [6.07, 6.45) is 7.01. The topological polar surface area (TPSA) is 50.4 Å². The van der Waals surface area contributed by atoms with Crippen molar-refractivity contribution in [3.63, 3.8) is 0 Å². The maximum absolute atomic E-state index is 9.93. The minimum atomic E-state index is 0.206. The van der Waals surface area contributed by atoms with Crippen LogP contribution in [-0.2, 0) is 0 Å². The Bertz CT molecular complexity index is 577. The molecule has 88 valence electrons. The molecule has 0 aromatic carbocycles. The van der Waals surface area contributed by atoms with Gasteiger partial charge in [-0.05, 0) is 31.1 Å². The van der Waals surface area contributed by atoms with Crippen molar-refractivity contribution in [2.75, 3.05) is 0 Å². The predicted molar refractivity (Wildman–Crippen MR) is 62.8 cm³/mol. The monoisotopic (exact) mass is 229 g/mol. The quantitative estimate of drug-likeness (QED) is 0.816. The zero-order valence-corrected chi connectivity index (χ0v) is 9.58. The summed E-state index contributed by atoms with van der Waals surface area (Å²) in [5.41, 5.74) is 1.81. The first-order chi connectivity index (χ1) is 8.31. The van der Waals surface area contributed by atoms with Gasteiger partial charge < -0.3 is 5.11 Å². The first kappa shape index (κ1) is 9.45. The van der Waals surface area contributed by atoms with Crippen molar-refractivity contribution in [3.05, 3.63) is 24.0 Å². The van der Waals surface area contributed by atoms with Crippen LogP contribution >= 0.6 is 0 Å². The average molecular weight is 229 g/mol. The molecule has 2 saturated carbocycles. The molecule has 17 heavy (non-hydrogen) atoms. The minimum absolute atomic E-state index is 0.206. The molecule has 2 heterocycles. The van der Waals surface area contributed by atoms with Gasteiger partial charge in [0.15, 0.2) is 5.65 Å². The van der Waals surface area contributed by atoms with Gasteiger partial charge >= 0.3 is 0 Å². The molecule has 0 saturated heterocycles. The van der Waals surface area contributed by atoms with Gasteiger partial charge in [-0.1, -0.05) is 6.42 Å². The van der Waals surface area contributed by atoms with E-state index >= 15 is 0 Å². The van der Waals surface area contributed by atoms with Crippen LogP contribution in [0.1, 0.15) is 37.3 Å². The van der Waals surface area contributed by atoms with E-state index in [1.807, 2.05) is 6.07 Å². The maximum atomic E-state index is 9.93. The van der Waals surface area contributed by atoms with Crippen molar-refractivity contribution in [2.24, 2.45) is 11.8 Å². The fourth-order valence-corrected chi connectivity index (χ4v) is 3.71. The van der Waals surface area contributed by atoms with Crippen molar-refractivity contribution in [2.45, 2.75) is 31.6 Å². The van der Waals surface area contributed by atoms with E-state index in [0.29, 0.717) is 5.92 Å². The molecule has 1 N–H and O–H groups in total. The standard InChI is InChI=1S/C13H15N3O/c17-13-7-11(15-12-3-4-14-16(12)13)10-6-8-1-2-9(10)5-8/h3-4,7-10,17H,1-2,5-6H2. The van der Waals surface area contributed by atoms with Crippen LogP contribution in [0.2, 0.25) is 0 Å². The Hall–Kier alpha value is -1.58. The van der Waals surface area contributed by atoms with Crippen LogP contribution in [0, 0.1) is 11.8 Å². The third-order valence-corrected chi connectivity index (χ3v) is 4.48. The van der Waals surface area contributed by atoms with E-state index in [1.165, 1.54) is 30.2 Å². The molecule has 4 rings (SSSR count). The van der Waals surface area contributed by atoms with Crippen LogP contribution < -0.4 is 0 Å². The summed E-state index contributed by atoms with van der Waals surface area (Å²) in [7, 11) is 0. The lowest BCUT2D eigenvalue weighted by Gasteiger charge is -2.21. The molecule has 4 nitrogen and oxygen atoms in total. The molecule has 0 spiro atoms. The number of rotatable bonds is 1. The van der Waals surface area contributed by atoms with Crippen LogP contribution in [-0.4, -0.2) is 19.7 Å². The van der Waals surface area contributed by atoms with Gasteiger partial charge in [0.1, 0.15) is 0 Å². The normalized spacial score (nSPS) is 31.4. The lowest BCUT2D eigenvalue weighted by molar-refractivity contribution is 0.403. The van der Waals surface area contributed by atoms with Gasteiger partial charge in [-0.2, -0.15) is 9.61 Å². The minimum Gasteiger partial charge on any atom is -0.493 e. The van der Waals surface area contributed by atoms with Crippen LogP contribution in [0.15, 0.2) is 18.3 Å². The molecule has 3 atom stereocenters. The Morgan fingerprint density at radius 3 is 3.00 bits per heavy atom. The maximum Gasteiger partial charge on any atom is 0.215 e. The number of hydrogen-bond donors (Lipinski definition) is 1. The van der Waals surface area contributed by atoms with E-state index in [4.69, 9.17) is 0 Å². The zero-order valence-electron chi connectivity index (χ0n) is 9.58. The van der Waals surface area contributed by atoms with Gasteiger partial charge in [-0.15, -0.1) is 0 Å². The summed E-state index contributed by atoms with van der Waals surface area (Å²) in [6, 6.07) is 3.64. The molecule has 2 aromatic heterocycles. The Balaban J connectivity index is 1.80. The smallest absolute Gasteiger partial charge is 0.215 e. The average Bonchev–Trinajstić information content (AvgIpc) is 3.04. The predicted octanol–water partition coefficient (Wildman–Crippen LogP) is 2.34. The molecule has 4 heteroatoms. The molecule has 2 aliphatic carbocycles. The summed E-state index contributed by atoms with van der Waals surface area (Å²) in [6.45, 7) is 0. The summed E-state index contributed by atoms with van der Waals surface area (Å²) in [5.74, 6) is 2.45. The van der Waals surface area contributed by atoms with E-state index in [0.717, 1.165) is 23.2 Å². The molecular formula is C13H15N3O. The van der Waals surface area contributed by atoms with Crippen molar-refractivity contribution in [1.29, 1.82) is 0 Å². The van der Waals surface area contributed by atoms with Crippen LogP contribution in [0.4, 0.5) is 0 Å². The van der Waals surface area contributed by atoms with Crippen LogP contribution in [0.25, 0.3) is 5.65 Å². The molecule has 2 aromatic rings. The Labute approximate surface area is 99.3 Å². The van der Waals surface area contributed by atoms with E-state index in [-0.39, 0.29) is 5.88 Å². The number of aromatic nitrogens is 3. The van der Waals surface area contributed by atoms with Gasteiger partial charge in [0.2, 0.25) is 5.88 Å². The fourth-order valence-electron chi connectivity index (χ4n) is 3.71. The van der Waals surface area contributed by atoms with E-state index in [9.17, 15) is 5.11 Å². The van der Waals surface area contributed by atoms with Gasteiger partial charge in [0.25, 0.3) is 0 Å². The molecular weight excluding hydrogens is 214 g/mol. The first-order valence-electron chi connectivity index (χ1n) is 6.35. The fraction of sp³-hybridized carbons (Fsp3) is 0.538. The second-order valence-corrected chi connectivity index (χ2v) is 5.42. The molecule has 0 amide bonds. The number of nitrogens with zero attached hydrogens (tertiary/aromatic N) is 3. The molecule has 2 aliphatic rings. The Kier molecular flexibility index (Phi) is 1.79. The molecule has 2 fully saturated rings. The van der Waals surface area contributed by atoms with Crippen LogP contribution in [0.3, 0.4) is 0 Å². The molecule has 2 bridgehead atoms. The van der Waals surface area contributed by atoms with Crippen molar-refractivity contribution < 1.29 is 5.11 Å². The lowest BCUT2D eigenvalue weighted by Crippen LogP contribution is -2.11. The SMILES string of the molecule is Oc1cc(C2CC3CCC2C3)nc2ccnn12. The van der Waals surface area contributed by atoms with Gasteiger partial charge in [-0.25, -0.2) is 4.98 Å². The summed E-state index contributed by atoms with van der Waals surface area (Å²) >= 11 is 0. The lowest BCUT2D eigenvalue weighted by atomic mass is 9.86. The zero-order chi connectivity index (χ0) is 11.4. The highest BCUT2D eigenvalue weighted by Gasteiger charge is 2.41.